The number of ketones is 1. The number of fused-ring (bicyclic) bond motifs is 3. The Balaban J connectivity index is 1.72. The van der Waals surface area contributed by atoms with E-state index in [-0.39, 0.29) is 11.7 Å². The molecular formula is C21H24N4O. The summed E-state index contributed by atoms with van der Waals surface area (Å²) in [6.45, 7) is 6.49. The minimum absolute atomic E-state index is 0.145. The van der Waals surface area contributed by atoms with Crippen LogP contribution in [0.1, 0.15) is 78.5 Å². The van der Waals surface area contributed by atoms with Crippen LogP contribution in [0.4, 0.5) is 0 Å². The molecule has 4 rings (SSSR count). The lowest BCUT2D eigenvalue weighted by Crippen LogP contribution is -2.22. The van der Waals surface area contributed by atoms with E-state index in [1.165, 1.54) is 11.1 Å². The van der Waals surface area contributed by atoms with Gasteiger partial charge in [0.2, 0.25) is 0 Å². The van der Waals surface area contributed by atoms with Crippen molar-refractivity contribution < 1.29 is 4.79 Å². The second-order valence-corrected chi connectivity index (χ2v) is 7.46. The molecule has 0 bridgehead atoms. The number of Topliss-reactive ketones (excluding diaryl/α,β-unsaturated/α-hetero) is 1. The average Bonchev–Trinajstić information content (AvgIpc) is 3.05. The van der Waals surface area contributed by atoms with Crippen molar-refractivity contribution in [3.05, 3.63) is 58.7 Å². The molecule has 0 N–H and O–H groups in total. The Morgan fingerprint density at radius 2 is 1.96 bits per heavy atom. The molecule has 0 radical (unpaired) electrons. The summed E-state index contributed by atoms with van der Waals surface area (Å²) in [7, 11) is 0. The van der Waals surface area contributed by atoms with Crippen molar-refractivity contribution in [3.8, 4) is 0 Å². The minimum Gasteiger partial charge on any atom is -0.294 e. The summed E-state index contributed by atoms with van der Waals surface area (Å²) >= 11 is 0. The highest BCUT2D eigenvalue weighted by molar-refractivity contribution is 5.98. The third-order valence-electron chi connectivity index (χ3n) is 5.23. The highest BCUT2D eigenvalue weighted by atomic mass is 16.1. The number of aryl methyl sites for hydroxylation is 1. The van der Waals surface area contributed by atoms with Gasteiger partial charge in [-0.25, -0.2) is 9.50 Å². The molecule has 134 valence electrons. The third-order valence-corrected chi connectivity index (χ3v) is 5.23. The van der Waals surface area contributed by atoms with Gasteiger partial charge in [0.05, 0.1) is 11.3 Å². The van der Waals surface area contributed by atoms with Crippen molar-refractivity contribution in [3.63, 3.8) is 0 Å². The SMILES string of the molecule is CCCc1nc2ncc3c(n2n1)CC(c1ccc(C(C)C)cc1)CC3=O. The van der Waals surface area contributed by atoms with Crippen LogP contribution in [0.3, 0.4) is 0 Å². The molecule has 5 heteroatoms. The second kappa shape index (κ2) is 6.63. The zero-order chi connectivity index (χ0) is 18.3. The summed E-state index contributed by atoms with van der Waals surface area (Å²) in [5.41, 5.74) is 4.18. The average molecular weight is 348 g/mol. The van der Waals surface area contributed by atoms with Crippen LogP contribution in [0.2, 0.25) is 0 Å². The quantitative estimate of drug-likeness (QED) is 0.712. The molecule has 1 unspecified atom stereocenters. The number of carbonyl (C=O) groups excluding carboxylic acids is 1. The first-order valence-corrected chi connectivity index (χ1v) is 9.43. The van der Waals surface area contributed by atoms with Gasteiger partial charge in [0.15, 0.2) is 11.6 Å². The van der Waals surface area contributed by atoms with E-state index in [1.807, 2.05) is 0 Å². The Bertz CT molecular complexity index is 956. The van der Waals surface area contributed by atoms with E-state index in [4.69, 9.17) is 0 Å². The van der Waals surface area contributed by atoms with Crippen LogP contribution in [-0.4, -0.2) is 25.4 Å². The van der Waals surface area contributed by atoms with E-state index in [2.05, 4.69) is 60.1 Å². The maximum Gasteiger partial charge on any atom is 0.252 e. The second-order valence-electron chi connectivity index (χ2n) is 7.46. The molecule has 2 aromatic heterocycles. The number of hydrogen-bond acceptors (Lipinski definition) is 4. The van der Waals surface area contributed by atoms with Gasteiger partial charge >= 0.3 is 0 Å². The standard InChI is InChI=1S/C21H24N4O/c1-4-5-20-23-21-22-12-17-18(25(21)24-20)10-16(11-19(17)26)15-8-6-14(7-9-15)13(2)3/h6-9,12-13,16H,4-5,10-11H2,1-3H3. The molecule has 0 saturated heterocycles. The monoisotopic (exact) mass is 348 g/mol. The molecule has 26 heavy (non-hydrogen) atoms. The van der Waals surface area contributed by atoms with Gasteiger partial charge in [0.25, 0.3) is 5.78 Å². The molecule has 1 atom stereocenters. The summed E-state index contributed by atoms with van der Waals surface area (Å²) in [5.74, 6) is 2.22. The molecule has 1 aliphatic carbocycles. The molecule has 1 aliphatic rings. The first kappa shape index (κ1) is 16.9. The van der Waals surface area contributed by atoms with Crippen molar-refractivity contribution in [1.29, 1.82) is 0 Å². The van der Waals surface area contributed by atoms with Crippen molar-refractivity contribution in [2.24, 2.45) is 0 Å². The highest BCUT2D eigenvalue weighted by Gasteiger charge is 2.29. The van der Waals surface area contributed by atoms with Crippen LogP contribution in [0.25, 0.3) is 5.78 Å². The lowest BCUT2D eigenvalue weighted by Gasteiger charge is -2.24. The molecule has 0 aliphatic heterocycles. The summed E-state index contributed by atoms with van der Waals surface area (Å²) in [6, 6.07) is 8.69. The van der Waals surface area contributed by atoms with E-state index >= 15 is 0 Å². The van der Waals surface area contributed by atoms with Gasteiger partial charge in [-0.1, -0.05) is 45.0 Å². The molecule has 0 fully saturated rings. The molecular weight excluding hydrogens is 324 g/mol. The van der Waals surface area contributed by atoms with Crippen LogP contribution in [0.15, 0.2) is 30.5 Å². The van der Waals surface area contributed by atoms with Crippen LogP contribution in [0, 0.1) is 0 Å². The van der Waals surface area contributed by atoms with Gasteiger partial charge < -0.3 is 0 Å². The molecule has 3 aromatic rings. The van der Waals surface area contributed by atoms with Crippen LogP contribution in [-0.2, 0) is 12.8 Å². The predicted octanol–water partition coefficient (Wildman–Crippen LogP) is 4.11. The molecule has 1 aromatic carbocycles. The van der Waals surface area contributed by atoms with E-state index in [1.54, 1.807) is 10.7 Å². The number of benzene rings is 1. The summed E-state index contributed by atoms with van der Waals surface area (Å²) in [5, 5.41) is 4.61. The molecule has 2 heterocycles. The highest BCUT2D eigenvalue weighted by Crippen LogP contribution is 2.33. The fourth-order valence-electron chi connectivity index (χ4n) is 3.71. The minimum atomic E-state index is 0.145. The summed E-state index contributed by atoms with van der Waals surface area (Å²) < 4.78 is 1.78. The Morgan fingerprint density at radius 3 is 2.65 bits per heavy atom. The molecule has 0 saturated carbocycles. The van der Waals surface area contributed by atoms with Gasteiger partial charge in [-0.2, -0.15) is 4.98 Å². The first-order chi connectivity index (χ1) is 12.6. The molecule has 0 spiro atoms. The summed E-state index contributed by atoms with van der Waals surface area (Å²) in [6.07, 6.45) is 4.80. The Hall–Kier alpha value is -2.56. The largest absolute Gasteiger partial charge is 0.294 e. The first-order valence-electron chi connectivity index (χ1n) is 9.43. The van der Waals surface area contributed by atoms with Crippen molar-refractivity contribution in [2.75, 3.05) is 0 Å². The van der Waals surface area contributed by atoms with E-state index < -0.39 is 0 Å². The van der Waals surface area contributed by atoms with Crippen LogP contribution < -0.4 is 0 Å². The van der Waals surface area contributed by atoms with Crippen molar-refractivity contribution in [2.45, 2.75) is 58.3 Å². The smallest absolute Gasteiger partial charge is 0.252 e. The van der Waals surface area contributed by atoms with Gasteiger partial charge in [-0.05, 0) is 35.8 Å². The number of carbonyl (C=O) groups is 1. The van der Waals surface area contributed by atoms with Gasteiger partial charge in [0.1, 0.15) is 0 Å². The topological polar surface area (TPSA) is 60.1 Å². The number of rotatable bonds is 4. The van der Waals surface area contributed by atoms with Crippen LogP contribution in [0.5, 0.6) is 0 Å². The predicted molar refractivity (Wildman–Crippen MR) is 101 cm³/mol. The Kier molecular flexibility index (Phi) is 4.31. The fraction of sp³-hybridized carbons (Fsp3) is 0.429. The van der Waals surface area contributed by atoms with Gasteiger partial charge in [-0.15, -0.1) is 5.10 Å². The van der Waals surface area contributed by atoms with E-state index in [0.717, 1.165) is 30.8 Å². The third kappa shape index (κ3) is 2.91. The zero-order valence-corrected chi connectivity index (χ0v) is 15.6. The van der Waals surface area contributed by atoms with Crippen molar-refractivity contribution >= 4 is 11.6 Å². The lowest BCUT2D eigenvalue weighted by molar-refractivity contribution is 0.0962. The molecule has 5 nitrogen and oxygen atoms in total. The van der Waals surface area contributed by atoms with Crippen molar-refractivity contribution in [1.82, 2.24) is 19.6 Å². The maximum absolute atomic E-state index is 12.7. The van der Waals surface area contributed by atoms with Gasteiger partial charge in [0, 0.05) is 19.0 Å². The zero-order valence-electron chi connectivity index (χ0n) is 15.6. The van der Waals surface area contributed by atoms with Crippen LogP contribution >= 0.6 is 0 Å². The lowest BCUT2D eigenvalue weighted by atomic mass is 9.81. The number of hydrogen-bond donors (Lipinski definition) is 0. The van der Waals surface area contributed by atoms with Gasteiger partial charge in [-0.3, -0.25) is 4.79 Å². The Morgan fingerprint density at radius 1 is 1.19 bits per heavy atom. The van der Waals surface area contributed by atoms with E-state index in [0.29, 0.717) is 23.7 Å². The number of aromatic nitrogens is 4. The van der Waals surface area contributed by atoms with E-state index in [9.17, 15) is 4.79 Å². The fourth-order valence-corrected chi connectivity index (χ4v) is 3.71. The normalized spacial score (nSPS) is 17.1. The molecule has 0 amide bonds. The Labute approximate surface area is 153 Å². The maximum atomic E-state index is 12.7. The number of nitrogens with zero attached hydrogens (tertiary/aromatic N) is 4. The summed E-state index contributed by atoms with van der Waals surface area (Å²) in [4.78, 5) is 21.6.